The van der Waals surface area contributed by atoms with Crippen LogP contribution in [0, 0.1) is 0 Å². The van der Waals surface area contributed by atoms with Gasteiger partial charge in [-0.2, -0.15) is 4.31 Å². The van der Waals surface area contributed by atoms with Crippen LogP contribution >= 0.6 is 11.6 Å². The first-order chi connectivity index (χ1) is 9.04. The van der Waals surface area contributed by atoms with E-state index in [1.54, 1.807) is 22.5 Å². The van der Waals surface area contributed by atoms with E-state index in [0.29, 0.717) is 23.9 Å². The first kappa shape index (κ1) is 14.8. The van der Waals surface area contributed by atoms with Gasteiger partial charge in [-0.25, -0.2) is 8.42 Å². The number of sulfonamides is 1. The zero-order chi connectivity index (χ0) is 13.9. The molecule has 0 spiro atoms. The van der Waals surface area contributed by atoms with E-state index < -0.39 is 10.0 Å². The van der Waals surface area contributed by atoms with Crippen molar-refractivity contribution >= 4 is 21.6 Å². The van der Waals surface area contributed by atoms with Crippen LogP contribution in [0.15, 0.2) is 29.2 Å². The summed E-state index contributed by atoms with van der Waals surface area (Å²) >= 11 is 5.76. The van der Waals surface area contributed by atoms with Crippen molar-refractivity contribution in [2.24, 2.45) is 0 Å². The first-order valence-electron chi connectivity index (χ1n) is 6.37. The summed E-state index contributed by atoms with van der Waals surface area (Å²) in [6.07, 6.45) is 0.866. The molecule has 1 heterocycles. The van der Waals surface area contributed by atoms with Gasteiger partial charge in [0.2, 0.25) is 10.0 Å². The lowest BCUT2D eigenvalue weighted by Gasteiger charge is -2.20. The van der Waals surface area contributed by atoms with Crippen molar-refractivity contribution < 1.29 is 8.42 Å². The van der Waals surface area contributed by atoms with Crippen molar-refractivity contribution in [1.29, 1.82) is 0 Å². The van der Waals surface area contributed by atoms with E-state index in [9.17, 15) is 8.42 Å². The van der Waals surface area contributed by atoms with Crippen LogP contribution in [0.4, 0.5) is 0 Å². The maximum atomic E-state index is 12.6. The fraction of sp³-hybridized carbons (Fsp3) is 0.538. The van der Waals surface area contributed by atoms with Crippen molar-refractivity contribution in [3.8, 4) is 0 Å². The van der Waals surface area contributed by atoms with E-state index in [1.807, 2.05) is 13.1 Å². The molecule has 0 amide bonds. The summed E-state index contributed by atoms with van der Waals surface area (Å²) in [4.78, 5) is 2.50. The Bertz CT molecular complexity index is 533. The van der Waals surface area contributed by atoms with Gasteiger partial charge in [0.05, 0.1) is 4.90 Å². The highest BCUT2D eigenvalue weighted by atomic mass is 35.5. The standard InChI is InChI=1S/C13H19ClN2O2S/c1-15-6-3-7-16(9-8-15)19(17,18)13-5-2-4-12(10-13)11-14/h2,4-5,10H,3,6-9,11H2,1H3. The van der Waals surface area contributed by atoms with Gasteiger partial charge in [0.15, 0.2) is 0 Å². The molecule has 0 N–H and O–H groups in total. The molecule has 19 heavy (non-hydrogen) atoms. The lowest BCUT2D eigenvalue weighted by Crippen LogP contribution is -2.34. The van der Waals surface area contributed by atoms with Crippen molar-refractivity contribution in [2.75, 3.05) is 33.2 Å². The van der Waals surface area contributed by atoms with E-state index in [4.69, 9.17) is 11.6 Å². The SMILES string of the molecule is CN1CCCN(S(=O)(=O)c2cccc(CCl)c2)CC1. The smallest absolute Gasteiger partial charge is 0.243 e. The molecule has 1 aromatic carbocycles. The second-order valence-electron chi connectivity index (χ2n) is 4.84. The Balaban J connectivity index is 2.25. The van der Waals surface area contributed by atoms with E-state index in [2.05, 4.69) is 4.90 Å². The molecule has 0 radical (unpaired) electrons. The number of alkyl halides is 1. The predicted octanol–water partition coefficient (Wildman–Crippen LogP) is 1.75. The highest BCUT2D eigenvalue weighted by Crippen LogP contribution is 2.19. The molecule has 0 saturated carbocycles. The lowest BCUT2D eigenvalue weighted by molar-refractivity contribution is 0.347. The van der Waals surface area contributed by atoms with E-state index in [0.717, 1.165) is 25.1 Å². The number of nitrogens with zero attached hydrogens (tertiary/aromatic N) is 2. The molecule has 0 bridgehead atoms. The second-order valence-corrected chi connectivity index (χ2v) is 7.05. The van der Waals surface area contributed by atoms with Crippen molar-refractivity contribution in [3.63, 3.8) is 0 Å². The van der Waals surface area contributed by atoms with Crippen molar-refractivity contribution in [3.05, 3.63) is 29.8 Å². The predicted molar refractivity (Wildman–Crippen MR) is 76.9 cm³/mol. The highest BCUT2D eigenvalue weighted by molar-refractivity contribution is 7.89. The molecule has 1 saturated heterocycles. The third-order valence-electron chi connectivity index (χ3n) is 3.37. The number of likely N-dealkylation sites (N-methyl/N-ethyl adjacent to an activating group) is 1. The van der Waals surface area contributed by atoms with Gasteiger partial charge in [-0.15, -0.1) is 11.6 Å². The second kappa shape index (κ2) is 6.22. The summed E-state index contributed by atoms with van der Waals surface area (Å²) in [5.74, 6) is 0.325. The molecular formula is C13H19ClN2O2S. The quantitative estimate of drug-likeness (QED) is 0.799. The van der Waals surface area contributed by atoms with Gasteiger partial charge >= 0.3 is 0 Å². The number of hydrogen-bond donors (Lipinski definition) is 0. The fourth-order valence-electron chi connectivity index (χ4n) is 2.20. The van der Waals surface area contributed by atoms with Crippen LogP contribution in [0.2, 0.25) is 0 Å². The summed E-state index contributed by atoms with van der Waals surface area (Å²) in [6, 6.07) is 6.88. The van der Waals surface area contributed by atoms with Gasteiger partial charge in [0.1, 0.15) is 0 Å². The van der Waals surface area contributed by atoms with E-state index >= 15 is 0 Å². The molecule has 1 aromatic rings. The van der Waals surface area contributed by atoms with Crippen molar-refractivity contribution in [2.45, 2.75) is 17.2 Å². The molecule has 1 fully saturated rings. The minimum Gasteiger partial charge on any atom is -0.305 e. The average molecular weight is 303 g/mol. The van der Waals surface area contributed by atoms with Gasteiger partial charge in [0, 0.05) is 25.5 Å². The Labute approximate surface area is 120 Å². The zero-order valence-electron chi connectivity index (χ0n) is 11.0. The topological polar surface area (TPSA) is 40.6 Å². The van der Waals surface area contributed by atoms with Gasteiger partial charge in [-0.3, -0.25) is 0 Å². The summed E-state index contributed by atoms with van der Waals surface area (Å²) in [6.45, 7) is 2.84. The molecule has 0 atom stereocenters. The lowest BCUT2D eigenvalue weighted by atomic mass is 10.2. The largest absolute Gasteiger partial charge is 0.305 e. The van der Waals surface area contributed by atoms with Crippen LogP contribution in [0.3, 0.4) is 0 Å². The van der Waals surface area contributed by atoms with Crippen molar-refractivity contribution in [1.82, 2.24) is 9.21 Å². The van der Waals surface area contributed by atoms with Crippen LogP contribution in [0.25, 0.3) is 0 Å². The number of hydrogen-bond acceptors (Lipinski definition) is 3. The summed E-state index contributed by atoms with van der Waals surface area (Å²) < 4.78 is 26.7. The third-order valence-corrected chi connectivity index (χ3v) is 5.57. The Hall–Kier alpha value is -0.620. The summed E-state index contributed by atoms with van der Waals surface area (Å²) in [5, 5.41) is 0. The van der Waals surface area contributed by atoms with Gasteiger partial charge in [0.25, 0.3) is 0 Å². The zero-order valence-corrected chi connectivity index (χ0v) is 12.6. The highest BCUT2D eigenvalue weighted by Gasteiger charge is 2.26. The number of rotatable bonds is 3. The monoisotopic (exact) mass is 302 g/mol. The van der Waals surface area contributed by atoms with E-state index in [-0.39, 0.29) is 0 Å². The van der Waals surface area contributed by atoms with Crippen LogP contribution in [-0.4, -0.2) is 50.8 Å². The molecule has 1 aliphatic heterocycles. The maximum Gasteiger partial charge on any atom is 0.243 e. The van der Waals surface area contributed by atoms with Crippen LogP contribution in [-0.2, 0) is 15.9 Å². The third kappa shape index (κ3) is 3.48. The van der Waals surface area contributed by atoms with Gasteiger partial charge < -0.3 is 4.90 Å². The molecule has 4 nitrogen and oxygen atoms in total. The molecule has 0 unspecified atom stereocenters. The molecule has 0 aromatic heterocycles. The normalized spacial score (nSPS) is 19.3. The average Bonchev–Trinajstić information content (AvgIpc) is 2.64. The Morgan fingerprint density at radius 1 is 1.21 bits per heavy atom. The minimum absolute atomic E-state index is 0.325. The molecule has 0 aliphatic carbocycles. The van der Waals surface area contributed by atoms with Gasteiger partial charge in [-0.1, -0.05) is 12.1 Å². The molecule has 2 rings (SSSR count). The molecule has 1 aliphatic rings. The number of halogens is 1. The van der Waals surface area contributed by atoms with E-state index in [1.165, 1.54) is 0 Å². The van der Waals surface area contributed by atoms with Crippen LogP contribution in [0.5, 0.6) is 0 Å². The Morgan fingerprint density at radius 3 is 2.74 bits per heavy atom. The van der Waals surface area contributed by atoms with Crippen LogP contribution < -0.4 is 0 Å². The van der Waals surface area contributed by atoms with Crippen LogP contribution in [0.1, 0.15) is 12.0 Å². The molecular weight excluding hydrogens is 284 g/mol. The maximum absolute atomic E-state index is 12.6. The fourth-order valence-corrected chi connectivity index (χ4v) is 3.91. The Morgan fingerprint density at radius 2 is 2.00 bits per heavy atom. The number of benzene rings is 1. The first-order valence-corrected chi connectivity index (χ1v) is 8.35. The molecule has 106 valence electrons. The summed E-state index contributed by atoms with van der Waals surface area (Å²) in [7, 11) is -1.38. The van der Waals surface area contributed by atoms with Gasteiger partial charge in [-0.05, 0) is 37.7 Å². The Kier molecular flexibility index (Phi) is 4.84. The molecule has 6 heteroatoms. The minimum atomic E-state index is -3.39. The summed E-state index contributed by atoms with van der Waals surface area (Å²) in [5.41, 5.74) is 0.828.